The van der Waals surface area contributed by atoms with Gasteiger partial charge in [0.2, 0.25) is 5.89 Å². The number of ether oxygens (including phenoxy) is 2. The lowest BCUT2D eigenvalue weighted by molar-refractivity contribution is -0.152. The lowest BCUT2D eigenvalue weighted by Gasteiger charge is -2.11. The first-order valence-corrected chi connectivity index (χ1v) is 10.4. The Morgan fingerprint density at radius 3 is 2.77 bits per heavy atom. The van der Waals surface area contributed by atoms with Crippen LogP contribution in [0, 0.1) is 0 Å². The Morgan fingerprint density at radius 2 is 1.90 bits per heavy atom. The molecule has 0 unspecified atom stereocenters. The van der Waals surface area contributed by atoms with Crippen molar-refractivity contribution in [3.63, 3.8) is 0 Å². The highest BCUT2D eigenvalue weighted by Crippen LogP contribution is 2.34. The van der Waals surface area contributed by atoms with Crippen molar-refractivity contribution in [2.75, 3.05) is 6.61 Å². The van der Waals surface area contributed by atoms with Crippen LogP contribution in [0.1, 0.15) is 43.1 Å². The number of carbonyl (C=O) groups excluding carboxylic acids is 1. The lowest BCUT2D eigenvalue weighted by Crippen LogP contribution is -2.17. The minimum Gasteiger partial charge on any atom is -0.482 e. The van der Waals surface area contributed by atoms with Crippen molar-refractivity contribution < 1.29 is 23.1 Å². The summed E-state index contributed by atoms with van der Waals surface area (Å²) in [6.07, 6.45) is 3.64. The number of aryl methyl sites for hydroxylation is 2. The van der Waals surface area contributed by atoms with Crippen LogP contribution in [0.3, 0.4) is 0 Å². The quantitative estimate of drug-likeness (QED) is 0.405. The van der Waals surface area contributed by atoms with Crippen LogP contribution in [0.25, 0.3) is 22.4 Å². The highest BCUT2D eigenvalue weighted by Gasteiger charge is 2.20. The van der Waals surface area contributed by atoms with Crippen LogP contribution in [0.4, 0.5) is 0 Å². The van der Waals surface area contributed by atoms with Crippen molar-refractivity contribution in [2.24, 2.45) is 0 Å². The second-order valence-corrected chi connectivity index (χ2v) is 7.60. The zero-order chi connectivity index (χ0) is 21.2. The predicted octanol–water partition coefficient (Wildman–Crippen LogP) is 5.04. The average molecular weight is 418 g/mol. The van der Waals surface area contributed by atoms with E-state index >= 15 is 0 Å². The molecule has 2 aromatic heterocycles. The number of aromatic nitrogens is 2. The Morgan fingerprint density at radius 1 is 1.06 bits per heavy atom. The number of esters is 1. The number of hydrogen-bond donors (Lipinski definition) is 0. The third kappa shape index (κ3) is 4.03. The van der Waals surface area contributed by atoms with Crippen LogP contribution >= 0.6 is 0 Å². The van der Waals surface area contributed by atoms with E-state index in [4.69, 9.17) is 18.3 Å². The molecule has 0 saturated heterocycles. The fourth-order valence-corrected chi connectivity index (χ4v) is 3.85. The highest BCUT2D eigenvalue weighted by atomic mass is 16.6. The molecule has 7 heteroatoms. The second-order valence-electron chi connectivity index (χ2n) is 7.60. The molecule has 1 aliphatic rings. The lowest BCUT2D eigenvalue weighted by atomic mass is 9.96. The fourth-order valence-electron chi connectivity index (χ4n) is 3.85. The maximum absolute atomic E-state index is 12.3. The number of fused-ring (bicyclic) bond motifs is 3. The van der Waals surface area contributed by atoms with Crippen LogP contribution in [0.5, 0.6) is 5.75 Å². The van der Waals surface area contributed by atoms with Gasteiger partial charge in [-0.25, -0.2) is 4.79 Å². The first-order valence-electron chi connectivity index (χ1n) is 10.4. The van der Waals surface area contributed by atoms with Crippen LogP contribution in [0.15, 0.2) is 57.4 Å². The largest absolute Gasteiger partial charge is 0.482 e. The van der Waals surface area contributed by atoms with E-state index in [1.165, 1.54) is 12.0 Å². The van der Waals surface area contributed by atoms with Crippen molar-refractivity contribution in [3.05, 3.63) is 65.7 Å². The van der Waals surface area contributed by atoms with Gasteiger partial charge in [-0.15, -0.1) is 10.2 Å². The predicted molar refractivity (Wildman–Crippen MR) is 113 cm³/mol. The van der Waals surface area contributed by atoms with Crippen LogP contribution in [0.2, 0.25) is 0 Å². The Bertz CT molecular complexity index is 1210. The molecule has 0 aliphatic heterocycles. The maximum atomic E-state index is 12.3. The Hall–Kier alpha value is -3.61. The summed E-state index contributed by atoms with van der Waals surface area (Å²) in [5, 5.41) is 9.07. The van der Waals surface area contributed by atoms with Gasteiger partial charge in [0, 0.05) is 22.9 Å². The molecule has 0 fully saturated rings. The molecule has 2 heterocycles. The zero-order valence-corrected chi connectivity index (χ0v) is 17.2. The number of furan rings is 1. The van der Waals surface area contributed by atoms with Crippen LogP contribution in [-0.2, 0) is 22.4 Å². The molecule has 0 bridgehead atoms. The molecular weight excluding hydrogens is 396 g/mol. The van der Waals surface area contributed by atoms with E-state index in [-0.39, 0.29) is 12.5 Å². The summed E-state index contributed by atoms with van der Waals surface area (Å²) in [7, 11) is 0. The minimum atomic E-state index is -0.676. The van der Waals surface area contributed by atoms with Crippen molar-refractivity contribution in [1.82, 2.24) is 10.2 Å². The summed E-state index contributed by atoms with van der Waals surface area (Å²) in [6, 6.07) is 15.0. The van der Waals surface area contributed by atoms with Gasteiger partial charge in [0.1, 0.15) is 17.1 Å². The van der Waals surface area contributed by atoms with E-state index in [1.807, 2.05) is 42.5 Å². The van der Waals surface area contributed by atoms with E-state index in [0.717, 1.165) is 41.6 Å². The fraction of sp³-hybridized carbons (Fsp3) is 0.292. The second kappa shape index (κ2) is 8.26. The van der Waals surface area contributed by atoms with E-state index in [1.54, 1.807) is 13.0 Å². The SMILES string of the molecule is C[C@@H](OC(=O)COc1ccc2oc3c(c2c1)CCCC3)c1nnc(-c2ccccc2)o1. The van der Waals surface area contributed by atoms with Gasteiger partial charge < -0.3 is 18.3 Å². The Labute approximate surface area is 179 Å². The molecule has 0 N–H and O–H groups in total. The summed E-state index contributed by atoms with van der Waals surface area (Å²) in [4.78, 5) is 12.3. The van der Waals surface area contributed by atoms with Crippen LogP contribution < -0.4 is 4.74 Å². The Kier molecular flexibility index (Phi) is 5.16. The molecule has 7 nitrogen and oxygen atoms in total. The monoisotopic (exact) mass is 418 g/mol. The third-order valence-corrected chi connectivity index (χ3v) is 5.40. The highest BCUT2D eigenvalue weighted by molar-refractivity contribution is 5.84. The molecular formula is C24H22N2O5. The third-order valence-electron chi connectivity index (χ3n) is 5.40. The van der Waals surface area contributed by atoms with Gasteiger partial charge in [-0.05, 0) is 56.5 Å². The molecule has 0 saturated carbocycles. The smallest absolute Gasteiger partial charge is 0.344 e. The van der Waals surface area contributed by atoms with Gasteiger partial charge in [-0.2, -0.15) is 0 Å². The Balaban J connectivity index is 1.20. The van der Waals surface area contributed by atoms with E-state index in [2.05, 4.69) is 10.2 Å². The van der Waals surface area contributed by atoms with E-state index < -0.39 is 12.1 Å². The number of benzene rings is 2. The molecule has 2 aromatic carbocycles. The summed E-state index contributed by atoms with van der Waals surface area (Å²) < 4.78 is 22.6. The summed E-state index contributed by atoms with van der Waals surface area (Å²) in [5.74, 6) is 1.78. The molecule has 0 radical (unpaired) electrons. The van der Waals surface area contributed by atoms with Gasteiger partial charge in [0.25, 0.3) is 5.89 Å². The average Bonchev–Trinajstić information content (AvgIpc) is 3.43. The normalized spacial score (nSPS) is 14.2. The summed E-state index contributed by atoms with van der Waals surface area (Å²) in [5.41, 5.74) is 2.93. The zero-order valence-electron chi connectivity index (χ0n) is 17.2. The van der Waals surface area contributed by atoms with Gasteiger partial charge in [-0.3, -0.25) is 0 Å². The van der Waals surface area contributed by atoms with Crippen molar-refractivity contribution in [2.45, 2.75) is 38.7 Å². The van der Waals surface area contributed by atoms with Crippen molar-refractivity contribution >= 4 is 16.9 Å². The van der Waals surface area contributed by atoms with Crippen molar-refractivity contribution in [1.29, 1.82) is 0 Å². The summed E-state index contributed by atoms with van der Waals surface area (Å²) in [6.45, 7) is 1.47. The molecule has 0 amide bonds. The molecule has 5 rings (SSSR count). The number of carbonyl (C=O) groups is 1. The number of rotatable bonds is 6. The molecule has 0 spiro atoms. The minimum absolute atomic E-state index is 0.213. The molecule has 31 heavy (non-hydrogen) atoms. The van der Waals surface area contributed by atoms with E-state index in [0.29, 0.717) is 11.6 Å². The topological polar surface area (TPSA) is 87.6 Å². The molecule has 4 aromatic rings. The number of hydrogen-bond acceptors (Lipinski definition) is 7. The molecule has 158 valence electrons. The molecule has 1 aliphatic carbocycles. The van der Waals surface area contributed by atoms with Gasteiger partial charge in [0.05, 0.1) is 0 Å². The molecule has 1 atom stereocenters. The van der Waals surface area contributed by atoms with Crippen molar-refractivity contribution in [3.8, 4) is 17.2 Å². The first-order chi connectivity index (χ1) is 15.2. The number of nitrogens with zero attached hydrogens (tertiary/aromatic N) is 2. The van der Waals surface area contributed by atoms with Crippen LogP contribution in [-0.4, -0.2) is 22.8 Å². The van der Waals surface area contributed by atoms with Gasteiger partial charge in [0.15, 0.2) is 12.7 Å². The van der Waals surface area contributed by atoms with E-state index in [9.17, 15) is 4.79 Å². The van der Waals surface area contributed by atoms with Gasteiger partial charge >= 0.3 is 5.97 Å². The van der Waals surface area contributed by atoms with Gasteiger partial charge in [-0.1, -0.05) is 18.2 Å². The summed E-state index contributed by atoms with van der Waals surface area (Å²) >= 11 is 0. The standard InChI is InChI=1S/C24H22N2O5/c1-15(23-25-26-24(31-23)16-7-3-2-4-8-16)29-22(27)14-28-17-11-12-21-19(13-17)18-9-5-6-10-20(18)30-21/h2-4,7-8,11-13,15H,5-6,9-10,14H2,1H3/t15-/m1/s1. The maximum Gasteiger partial charge on any atom is 0.344 e. The first kappa shape index (κ1) is 19.4.